The molecule has 2 rings (SSSR count). The average molecular weight is 308 g/mol. The molecule has 1 unspecified atom stereocenters. The van der Waals surface area contributed by atoms with E-state index in [1.54, 1.807) is 6.20 Å². The second-order valence-corrected chi connectivity index (χ2v) is 5.24. The maximum absolute atomic E-state index is 6.32. The zero-order chi connectivity index (χ0) is 15.2. The fourth-order valence-corrected chi connectivity index (χ4v) is 2.63. The van der Waals surface area contributed by atoms with E-state index >= 15 is 0 Å². The van der Waals surface area contributed by atoms with E-state index in [4.69, 9.17) is 16.3 Å². The molecule has 114 valence electrons. The number of halogens is 1. The molecule has 1 atom stereocenters. The van der Waals surface area contributed by atoms with Crippen molar-refractivity contribution in [2.75, 3.05) is 13.7 Å². The quantitative estimate of drug-likeness (QED) is 0.848. The molecule has 1 heterocycles. The summed E-state index contributed by atoms with van der Waals surface area (Å²) in [7, 11) is 1.92. The molecule has 0 amide bonds. The standard InChI is InChI=1S/C16H22ClN3O/c1-4-9-21-13-8-6-7-12(10-13)15(18-3)16-14(17)11-19-20(16)5-2/h6-8,10-11,15,18H,4-5,9H2,1-3H3. The third-order valence-electron chi connectivity index (χ3n) is 3.36. The second kappa shape index (κ2) is 7.48. The summed E-state index contributed by atoms with van der Waals surface area (Å²) in [5.74, 6) is 0.883. The van der Waals surface area contributed by atoms with Gasteiger partial charge in [-0.3, -0.25) is 4.68 Å². The van der Waals surface area contributed by atoms with Gasteiger partial charge < -0.3 is 10.1 Å². The van der Waals surface area contributed by atoms with Gasteiger partial charge in [-0.1, -0.05) is 30.7 Å². The molecule has 0 spiro atoms. The minimum Gasteiger partial charge on any atom is -0.494 e. The van der Waals surface area contributed by atoms with E-state index < -0.39 is 0 Å². The zero-order valence-corrected chi connectivity index (χ0v) is 13.5. The van der Waals surface area contributed by atoms with Crippen LogP contribution in [0.15, 0.2) is 30.5 Å². The van der Waals surface area contributed by atoms with Crippen LogP contribution in [0.3, 0.4) is 0 Å². The summed E-state index contributed by atoms with van der Waals surface area (Å²) in [6, 6.07) is 8.10. The number of benzene rings is 1. The number of ether oxygens (including phenoxy) is 1. The van der Waals surface area contributed by atoms with Crippen molar-refractivity contribution in [3.05, 3.63) is 46.7 Å². The lowest BCUT2D eigenvalue weighted by Crippen LogP contribution is -2.21. The monoisotopic (exact) mass is 307 g/mol. The molecule has 0 aliphatic heterocycles. The zero-order valence-electron chi connectivity index (χ0n) is 12.8. The molecule has 0 bridgehead atoms. The van der Waals surface area contributed by atoms with Crippen LogP contribution in [-0.2, 0) is 6.54 Å². The second-order valence-electron chi connectivity index (χ2n) is 4.84. The Morgan fingerprint density at radius 2 is 2.19 bits per heavy atom. The van der Waals surface area contributed by atoms with Gasteiger partial charge in [0.15, 0.2) is 0 Å². The highest BCUT2D eigenvalue weighted by Gasteiger charge is 2.20. The Hall–Kier alpha value is -1.52. The largest absolute Gasteiger partial charge is 0.494 e. The molecule has 0 aliphatic carbocycles. The summed E-state index contributed by atoms with van der Waals surface area (Å²) >= 11 is 6.32. The van der Waals surface area contributed by atoms with Gasteiger partial charge in [-0.05, 0) is 38.1 Å². The summed E-state index contributed by atoms with van der Waals surface area (Å²) in [6.45, 7) is 5.66. The fourth-order valence-electron chi connectivity index (χ4n) is 2.38. The number of aromatic nitrogens is 2. The van der Waals surface area contributed by atoms with E-state index in [1.807, 2.05) is 23.9 Å². The predicted octanol–water partition coefficient (Wildman–Crippen LogP) is 3.65. The van der Waals surface area contributed by atoms with Crippen molar-refractivity contribution in [2.45, 2.75) is 32.9 Å². The molecule has 0 aliphatic rings. The molecule has 0 fully saturated rings. The summed E-state index contributed by atoms with van der Waals surface area (Å²) < 4.78 is 7.63. The summed E-state index contributed by atoms with van der Waals surface area (Å²) in [4.78, 5) is 0. The smallest absolute Gasteiger partial charge is 0.119 e. The van der Waals surface area contributed by atoms with Gasteiger partial charge in [-0.2, -0.15) is 5.10 Å². The summed E-state index contributed by atoms with van der Waals surface area (Å²) in [6.07, 6.45) is 2.69. The van der Waals surface area contributed by atoms with Crippen LogP contribution in [0.4, 0.5) is 0 Å². The molecule has 5 heteroatoms. The van der Waals surface area contributed by atoms with Crippen LogP contribution in [0.25, 0.3) is 0 Å². The van der Waals surface area contributed by atoms with Gasteiger partial charge in [-0.15, -0.1) is 0 Å². The number of hydrogen-bond acceptors (Lipinski definition) is 3. The van der Waals surface area contributed by atoms with Gasteiger partial charge in [-0.25, -0.2) is 0 Å². The van der Waals surface area contributed by atoms with Crippen molar-refractivity contribution in [3.63, 3.8) is 0 Å². The fraction of sp³-hybridized carbons (Fsp3) is 0.438. The summed E-state index contributed by atoms with van der Waals surface area (Å²) in [5.41, 5.74) is 2.09. The minimum atomic E-state index is -0.00914. The number of aryl methyl sites for hydroxylation is 1. The van der Waals surface area contributed by atoms with E-state index in [0.29, 0.717) is 5.02 Å². The van der Waals surface area contributed by atoms with E-state index in [-0.39, 0.29) is 6.04 Å². The topological polar surface area (TPSA) is 39.1 Å². The Morgan fingerprint density at radius 1 is 1.38 bits per heavy atom. The van der Waals surface area contributed by atoms with Crippen LogP contribution in [0, 0.1) is 0 Å². The third kappa shape index (κ3) is 3.57. The van der Waals surface area contributed by atoms with Gasteiger partial charge in [0.2, 0.25) is 0 Å². The highest BCUT2D eigenvalue weighted by Crippen LogP contribution is 2.29. The van der Waals surface area contributed by atoms with Crippen molar-refractivity contribution in [2.24, 2.45) is 0 Å². The SMILES string of the molecule is CCCOc1cccc(C(NC)c2c(Cl)cnn2CC)c1. The van der Waals surface area contributed by atoms with E-state index in [0.717, 1.165) is 36.6 Å². The first-order valence-corrected chi connectivity index (χ1v) is 7.70. The highest BCUT2D eigenvalue weighted by molar-refractivity contribution is 6.31. The lowest BCUT2D eigenvalue weighted by atomic mass is 10.0. The number of rotatable bonds is 7. The summed E-state index contributed by atoms with van der Waals surface area (Å²) in [5, 5.41) is 8.31. The molecular formula is C16H22ClN3O. The third-order valence-corrected chi connectivity index (χ3v) is 3.65. The lowest BCUT2D eigenvalue weighted by molar-refractivity contribution is 0.317. The Bertz CT molecular complexity index is 583. The Morgan fingerprint density at radius 3 is 2.86 bits per heavy atom. The van der Waals surface area contributed by atoms with Crippen molar-refractivity contribution in [3.8, 4) is 5.75 Å². The lowest BCUT2D eigenvalue weighted by Gasteiger charge is -2.19. The van der Waals surface area contributed by atoms with E-state index in [9.17, 15) is 0 Å². The number of nitrogens with one attached hydrogen (secondary N) is 1. The van der Waals surface area contributed by atoms with Crippen LogP contribution in [0.5, 0.6) is 5.75 Å². The Balaban J connectivity index is 2.34. The first kappa shape index (κ1) is 15.9. The van der Waals surface area contributed by atoms with Crippen molar-refractivity contribution < 1.29 is 4.74 Å². The van der Waals surface area contributed by atoms with Crippen LogP contribution in [-0.4, -0.2) is 23.4 Å². The van der Waals surface area contributed by atoms with E-state index in [2.05, 4.69) is 36.4 Å². The molecule has 1 aromatic heterocycles. The van der Waals surface area contributed by atoms with Crippen molar-refractivity contribution >= 4 is 11.6 Å². The van der Waals surface area contributed by atoms with Crippen LogP contribution in [0.2, 0.25) is 5.02 Å². The van der Waals surface area contributed by atoms with Gasteiger partial charge in [0, 0.05) is 6.54 Å². The normalized spacial score (nSPS) is 12.4. The average Bonchev–Trinajstić information content (AvgIpc) is 2.88. The number of nitrogens with zero attached hydrogens (tertiary/aromatic N) is 2. The molecule has 1 N–H and O–H groups in total. The molecule has 1 aromatic carbocycles. The van der Waals surface area contributed by atoms with E-state index in [1.165, 1.54) is 0 Å². The Kier molecular flexibility index (Phi) is 5.65. The molecule has 0 saturated heterocycles. The molecule has 4 nitrogen and oxygen atoms in total. The maximum atomic E-state index is 6.32. The van der Waals surface area contributed by atoms with Crippen LogP contribution < -0.4 is 10.1 Å². The molecule has 0 saturated carbocycles. The van der Waals surface area contributed by atoms with Crippen LogP contribution in [0.1, 0.15) is 37.6 Å². The van der Waals surface area contributed by atoms with Crippen molar-refractivity contribution in [1.29, 1.82) is 0 Å². The van der Waals surface area contributed by atoms with Gasteiger partial charge in [0.05, 0.1) is 29.6 Å². The first-order chi connectivity index (χ1) is 10.2. The van der Waals surface area contributed by atoms with Crippen LogP contribution >= 0.6 is 11.6 Å². The van der Waals surface area contributed by atoms with Crippen molar-refractivity contribution in [1.82, 2.24) is 15.1 Å². The first-order valence-electron chi connectivity index (χ1n) is 7.32. The Labute approximate surface area is 131 Å². The van der Waals surface area contributed by atoms with Gasteiger partial charge in [0.25, 0.3) is 0 Å². The molecular weight excluding hydrogens is 286 g/mol. The van der Waals surface area contributed by atoms with Gasteiger partial charge in [0.1, 0.15) is 5.75 Å². The van der Waals surface area contributed by atoms with Gasteiger partial charge >= 0.3 is 0 Å². The minimum absolute atomic E-state index is 0.00914. The predicted molar refractivity (Wildman–Crippen MR) is 86.0 cm³/mol. The number of hydrogen-bond donors (Lipinski definition) is 1. The molecule has 21 heavy (non-hydrogen) atoms. The highest BCUT2D eigenvalue weighted by atomic mass is 35.5. The maximum Gasteiger partial charge on any atom is 0.119 e. The molecule has 2 aromatic rings. The molecule has 0 radical (unpaired) electrons.